The van der Waals surface area contributed by atoms with Crippen molar-refractivity contribution in [2.75, 3.05) is 25.6 Å². The van der Waals surface area contributed by atoms with E-state index in [9.17, 15) is 4.79 Å². The van der Waals surface area contributed by atoms with Crippen LogP contribution in [-0.2, 0) is 4.74 Å². The average molecular weight is 348 g/mol. The molecule has 0 spiro atoms. The first-order chi connectivity index (χ1) is 11.5. The number of halogens is 1. The molecule has 2 aromatic carbocycles. The molecule has 0 fully saturated rings. The number of carbonyl (C=O) groups excluding carboxylic acids is 1. The highest BCUT2D eigenvalue weighted by molar-refractivity contribution is 6.34. The topological polar surface area (TPSA) is 47.6 Å². The molecule has 0 aliphatic rings. The first-order valence-corrected chi connectivity index (χ1v) is 8.22. The summed E-state index contributed by atoms with van der Waals surface area (Å²) in [6.45, 7) is 5.33. The van der Waals surface area contributed by atoms with Gasteiger partial charge < -0.3 is 14.8 Å². The lowest BCUT2D eigenvalue weighted by atomic mass is 10.1. The molecule has 0 atom stereocenters. The van der Waals surface area contributed by atoms with E-state index in [2.05, 4.69) is 25.2 Å². The molecule has 0 radical (unpaired) electrons. The molecule has 0 unspecified atom stereocenters. The van der Waals surface area contributed by atoms with E-state index < -0.39 is 5.97 Å². The van der Waals surface area contributed by atoms with Crippen LogP contribution in [0, 0.1) is 13.8 Å². The maximum Gasteiger partial charge on any atom is 0.340 e. The molecule has 0 aliphatic carbocycles. The van der Waals surface area contributed by atoms with Crippen LogP contribution in [0.5, 0.6) is 5.75 Å². The van der Waals surface area contributed by atoms with Crippen molar-refractivity contribution in [1.29, 1.82) is 0 Å². The molecule has 128 valence electrons. The Kier molecular flexibility index (Phi) is 6.50. The highest BCUT2D eigenvalue weighted by atomic mass is 35.5. The first kappa shape index (κ1) is 18.1. The Labute approximate surface area is 147 Å². The number of benzene rings is 2. The monoisotopic (exact) mass is 347 g/mol. The van der Waals surface area contributed by atoms with E-state index in [1.165, 1.54) is 12.7 Å². The third kappa shape index (κ3) is 4.42. The average Bonchev–Trinajstić information content (AvgIpc) is 2.58. The molecule has 0 bridgehead atoms. The Morgan fingerprint density at radius 2 is 1.92 bits per heavy atom. The number of anilines is 1. The Hall–Kier alpha value is -2.20. The third-order valence-electron chi connectivity index (χ3n) is 3.85. The number of rotatable bonds is 7. The van der Waals surface area contributed by atoms with E-state index >= 15 is 0 Å². The molecule has 4 nitrogen and oxygen atoms in total. The number of nitrogens with one attached hydrogen (secondary N) is 1. The summed E-state index contributed by atoms with van der Waals surface area (Å²) in [5.74, 6) is 0.495. The minimum atomic E-state index is -0.411. The summed E-state index contributed by atoms with van der Waals surface area (Å²) in [7, 11) is 1.35. The maximum absolute atomic E-state index is 11.8. The molecule has 0 amide bonds. The van der Waals surface area contributed by atoms with Gasteiger partial charge in [0, 0.05) is 6.54 Å². The van der Waals surface area contributed by atoms with Crippen LogP contribution in [0.15, 0.2) is 36.4 Å². The van der Waals surface area contributed by atoms with Gasteiger partial charge in [-0.2, -0.15) is 0 Å². The zero-order valence-corrected chi connectivity index (χ0v) is 14.9. The Bertz CT molecular complexity index is 716. The molecule has 0 aromatic heterocycles. The van der Waals surface area contributed by atoms with Crippen molar-refractivity contribution in [2.45, 2.75) is 20.3 Å². The van der Waals surface area contributed by atoms with E-state index in [1.54, 1.807) is 18.2 Å². The fourth-order valence-electron chi connectivity index (χ4n) is 2.33. The maximum atomic E-state index is 11.8. The molecular weight excluding hydrogens is 326 g/mol. The summed E-state index contributed by atoms with van der Waals surface area (Å²) in [6.07, 6.45) is 0.777. The summed E-state index contributed by atoms with van der Waals surface area (Å²) in [4.78, 5) is 11.8. The van der Waals surface area contributed by atoms with Gasteiger partial charge in [-0.3, -0.25) is 0 Å². The fourth-order valence-corrected chi connectivity index (χ4v) is 2.57. The number of aryl methyl sites for hydroxylation is 1. The van der Waals surface area contributed by atoms with E-state index in [0.29, 0.717) is 29.4 Å². The zero-order valence-electron chi connectivity index (χ0n) is 14.2. The van der Waals surface area contributed by atoms with Gasteiger partial charge >= 0.3 is 5.97 Å². The lowest BCUT2D eigenvalue weighted by Crippen LogP contribution is -2.12. The Balaban J connectivity index is 1.89. The molecule has 1 N–H and O–H groups in total. The zero-order chi connectivity index (χ0) is 17.5. The van der Waals surface area contributed by atoms with Gasteiger partial charge in [0.2, 0.25) is 0 Å². The SMILES string of the molecule is COC(=O)c1cccc(Cl)c1NCCCOc1cccc(C)c1C. The van der Waals surface area contributed by atoms with Crippen molar-refractivity contribution in [1.82, 2.24) is 0 Å². The number of esters is 1. The first-order valence-electron chi connectivity index (χ1n) is 7.84. The van der Waals surface area contributed by atoms with Crippen LogP contribution in [-0.4, -0.2) is 26.2 Å². The second-order valence-corrected chi connectivity index (χ2v) is 5.89. The van der Waals surface area contributed by atoms with Crippen molar-refractivity contribution in [3.63, 3.8) is 0 Å². The summed E-state index contributed by atoms with van der Waals surface area (Å²) < 4.78 is 10.6. The number of ether oxygens (including phenoxy) is 2. The predicted octanol–water partition coefficient (Wildman–Crippen LogP) is 4.62. The summed E-state index contributed by atoms with van der Waals surface area (Å²) in [5, 5.41) is 3.69. The van der Waals surface area contributed by atoms with Crippen molar-refractivity contribution in [2.24, 2.45) is 0 Å². The van der Waals surface area contributed by atoms with E-state index in [-0.39, 0.29) is 0 Å². The third-order valence-corrected chi connectivity index (χ3v) is 4.17. The van der Waals surface area contributed by atoms with Crippen molar-refractivity contribution >= 4 is 23.3 Å². The van der Waals surface area contributed by atoms with Crippen LogP contribution in [0.1, 0.15) is 27.9 Å². The Morgan fingerprint density at radius 3 is 2.67 bits per heavy atom. The number of hydrogen-bond acceptors (Lipinski definition) is 4. The van der Waals surface area contributed by atoms with E-state index in [1.807, 2.05) is 12.1 Å². The van der Waals surface area contributed by atoms with Crippen LogP contribution in [0.3, 0.4) is 0 Å². The van der Waals surface area contributed by atoms with Crippen molar-refractivity contribution in [3.05, 3.63) is 58.1 Å². The van der Waals surface area contributed by atoms with E-state index in [0.717, 1.165) is 17.7 Å². The molecule has 0 heterocycles. The lowest BCUT2D eigenvalue weighted by molar-refractivity contribution is 0.0602. The minimum absolute atomic E-state index is 0.411. The molecule has 0 saturated heterocycles. The number of para-hydroxylation sites is 1. The molecular formula is C19H22ClNO3. The van der Waals surface area contributed by atoms with Crippen LogP contribution in [0.4, 0.5) is 5.69 Å². The van der Waals surface area contributed by atoms with Crippen LogP contribution in [0.2, 0.25) is 5.02 Å². The molecule has 0 aliphatic heterocycles. The Morgan fingerprint density at radius 1 is 1.17 bits per heavy atom. The highest BCUT2D eigenvalue weighted by Crippen LogP contribution is 2.26. The normalized spacial score (nSPS) is 10.3. The standard InChI is InChI=1S/C19H22ClNO3/c1-13-7-4-10-17(14(13)2)24-12-6-11-21-18-15(19(22)23-3)8-5-9-16(18)20/h4-5,7-10,21H,6,11-12H2,1-3H3. The molecule has 0 saturated carbocycles. The summed E-state index contributed by atoms with van der Waals surface area (Å²) in [6, 6.07) is 11.2. The number of hydrogen-bond donors (Lipinski definition) is 1. The van der Waals surface area contributed by atoms with Gasteiger partial charge in [0.25, 0.3) is 0 Å². The van der Waals surface area contributed by atoms with Gasteiger partial charge in [0.15, 0.2) is 0 Å². The largest absolute Gasteiger partial charge is 0.493 e. The van der Waals surface area contributed by atoms with Gasteiger partial charge in [-0.25, -0.2) is 4.79 Å². The molecule has 5 heteroatoms. The van der Waals surface area contributed by atoms with E-state index in [4.69, 9.17) is 21.1 Å². The molecule has 2 rings (SSSR count). The van der Waals surface area contributed by atoms with Crippen LogP contribution < -0.4 is 10.1 Å². The van der Waals surface area contributed by atoms with Crippen LogP contribution in [0.25, 0.3) is 0 Å². The summed E-state index contributed by atoms with van der Waals surface area (Å²) in [5.41, 5.74) is 3.40. The highest BCUT2D eigenvalue weighted by Gasteiger charge is 2.14. The van der Waals surface area contributed by atoms with Gasteiger partial charge in [-0.05, 0) is 49.6 Å². The van der Waals surface area contributed by atoms with Crippen molar-refractivity contribution < 1.29 is 14.3 Å². The lowest BCUT2D eigenvalue weighted by Gasteiger charge is -2.14. The van der Waals surface area contributed by atoms with Crippen molar-refractivity contribution in [3.8, 4) is 5.75 Å². The fraction of sp³-hybridized carbons (Fsp3) is 0.316. The van der Waals surface area contributed by atoms with Gasteiger partial charge in [-0.1, -0.05) is 29.8 Å². The smallest absolute Gasteiger partial charge is 0.340 e. The van der Waals surface area contributed by atoms with Gasteiger partial charge in [0.05, 0.1) is 30.0 Å². The second-order valence-electron chi connectivity index (χ2n) is 5.48. The minimum Gasteiger partial charge on any atom is -0.493 e. The number of methoxy groups -OCH3 is 1. The van der Waals surface area contributed by atoms with Crippen LogP contribution >= 0.6 is 11.6 Å². The quantitative estimate of drug-likeness (QED) is 0.586. The van der Waals surface area contributed by atoms with Gasteiger partial charge in [0.1, 0.15) is 5.75 Å². The molecule has 24 heavy (non-hydrogen) atoms. The summed E-state index contributed by atoms with van der Waals surface area (Å²) >= 11 is 6.18. The number of carbonyl (C=O) groups is 1. The predicted molar refractivity (Wildman–Crippen MR) is 97.3 cm³/mol. The van der Waals surface area contributed by atoms with Gasteiger partial charge in [-0.15, -0.1) is 0 Å². The molecule has 2 aromatic rings. The second kappa shape index (κ2) is 8.60.